The van der Waals surface area contributed by atoms with Crippen molar-refractivity contribution < 1.29 is 4.79 Å². The zero-order chi connectivity index (χ0) is 11.0. The minimum absolute atomic E-state index is 0.109. The van der Waals surface area contributed by atoms with E-state index in [1.807, 2.05) is 11.4 Å². The molecule has 0 aliphatic heterocycles. The second-order valence-corrected chi connectivity index (χ2v) is 5.07. The molecule has 2 heterocycles. The summed E-state index contributed by atoms with van der Waals surface area (Å²) in [7, 11) is 1.70. The molecular weight excluding hydrogens is 300 g/mol. The van der Waals surface area contributed by atoms with Gasteiger partial charge in [0.1, 0.15) is 5.69 Å². The lowest BCUT2D eigenvalue weighted by atomic mass is 10.2. The smallest absolute Gasteiger partial charge is 0.223 e. The fourth-order valence-corrected chi connectivity index (χ4v) is 2.97. The summed E-state index contributed by atoms with van der Waals surface area (Å²) in [6, 6.07) is 1.84. The van der Waals surface area contributed by atoms with Gasteiger partial charge in [-0.25, -0.2) is 0 Å². The number of ketones is 1. The van der Waals surface area contributed by atoms with Crippen molar-refractivity contribution in [3.63, 3.8) is 0 Å². The highest BCUT2D eigenvalue weighted by molar-refractivity contribution is 9.10. The van der Waals surface area contributed by atoms with Gasteiger partial charge >= 0.3 is 0 Å². The zero-order valence-electron chi connectivity index (χ0n) is 7.70. The topological polar surface area (TPSA) is 34.9 Å². The normalized spacial score (nSPS) is 10.6. The summed E-state index contributed by atoms with van der Waals surface area (Å²) in [5, 5.41) is 6.16. The van der Waals surface area contributed by atoms with Crippen molar-refractivity contribution in [2.24, 2.45) is 7.05 Å². The van der Waals surface area contributed by atoms with Crippen LogP contribution >= 0.6 is 38.9 Å². The maximum Gasteiger partial charge on any atom is 0.223 e. The first kappa shape index (κ1) is 10.9. The molecule has 3 nitrogen and oxygen atoms in total. The molecule has 0 radical (unpaired) electrons. The lowest BCUT2D eigenvalue weighted by Gasteiger charge is -2.00. The number of thiophene rings is 1. The first-order valence-electron chi connectivity index (χ1n) is 4.06. The van der Waals surface area contributed by atoms with Crippen LogP contribution in [0.5, 0.6) is 0 Å². The van der Waals surface area contributed by atoms with E-state index >= 15 is 0 Å². The van der Waals surface area contributed by atoms with Crippen LogP contribution in [-0.4, -0.2) is 15.6 Å². The highest BCUT2D eigenvalue weighted by Gasteiger charge is 2.20. The molecule has 0 aliphatic carbocycles. The van der Waals surface area contributed by atoms with Crippen LogP contribution in [0.15, 0.2) is 22.1 Å². The molecule has 0 saturated heterocycles. The van der Waals surface area contributed by atoms with Gasteiger partial charge in [-0.1, -0.05) is 11.6 Å². The molecule has 0 aromatic carbocycles. The third-order valence-corrected chi connectivity index (χ3v) is 4.05. The van der Waals surface area contributed by atoms with Crippen molar-refractivity contribution in [2.45, 2.75) is 0 Å². The van der Waals surface area contributed by atoms with Gasteiger partial charge in [-0.05, 0) is 27.4 Å². The highest BCUT2D eigenvalue weighted by Crippen LogP contribution is 2.27. The zero-order valence-corrected chi connectivity index (χ0v) is 10.9. The first-order chi connectivity index (χ1) is 7.11. The van der Waals surface area contributed by atoms with E-state index in [4.69, 9.17) is 11.6 Å². The number of carbonyl (C=O) groups excluding carboxylic acids is 1. The Kier molecular flexibility index (Phi) is 2.95. The average Bonchev–Trinajstić information content (AvgIpc) is 2.73. The van der Waals surface area contributed by atoms with E-state index in [0.29, 0.717) is 15.6 Å². The van der Waals surface area contributed by atoms with Gasteiger partial charge in [-0.2, -0.15) is 5.10 Å². The fraction of sp³-hybridized carbons (Fsp3) is 0.111. The lowest BCUT2D eigenvalue weighted by Crippen LogP contribution is -2.07. The number of rotatable bonds is 2. The minimum Gasteiger partial charge on any atom is -0.286 e. The number of hydrogen-bond acceptors (Lipinski definition) is 3. The quantitative estimate of drug-likeness (QED) is 0.799. The van der Waals surface area contributed by atoms with Crippen LogP contribution in [0.1, 0.15) is 15.4 Å². The first-order valence-corrected chi connectivity index (χ1v) is 6.11. The van der Waals surface area contributed by atoms with Gasteiger partial charge in [-0.3, -0.25) is 9.48 Å². The lowest BCUT2D eigenvalue weighted by molar-refractivity contribution is 0.103. The summed E-state index contributed by atoms with van der Waals surface area (Å²) in [5.41, 5.74) is 0.416. The maximum absolute atomic E-state index is 12.1. The van der Waals surface area contributed by atoms with Crippen molar-refractivity contribution in [3.05, 3.63) is 37.7 Å². The van der Waals surface area contributed by atoms with E-state index in [0.717, 1.165) is 4.47 Å². The molecule has 2 aromatic rings. The minimum atomic E-state index is -0.109. The largest absolute Gasteiger partial charge is 0.286 e. The van der Waals surface area contributed by atoms with E-state index in [1.54, 1.807) is 7.05 Å². The van der Waals surface area contributed by atoms with Gasteiger partial charge in [0.25, 0.3) is 0 Å². The third-order valence-electron chi connectivity index (χ3n) is 1.93. The molecule has 15 heavy (non-hydrogen) atoms. The maximum atomic E-state index is 12.1. The van der Waals surface area contributed by atoms with E-state index in [2.05, 4.69) is 21.0 Å². The molecule has 0 spiro atoms. The van der Waals surface area contributed by atoms with E-state index in [-0.39, 0.29) is 5.78 Å². The Balaban J connectivity index is 2.50. The fourth-order valence-electron chi connectivity index (χ4n) is 1.23. The van der Waals surface area contributed by atoms with Crippen LogP contribution in [0.2, 0.25) is 5.02 Å². The Morgan fingerprint density at radius 2 is 2.40 bits per heavy atom. The number of nitrogens with zero attached hydrogens (tertiary/aromatic N) is 2. The summed E-state index contributed by atoms with van der Waals surface area (Å²) >= 11 is 10.6. The standard InChI is InChI=1S/C9H6BrClN2OS/c1-13-7(6(11)4-12-13)8(14)9-5(10)2-3-15-9/h2-4H,1H3. The van der Waals surface area contributed by atoms with Crippen molar-refractivity contribution in [1.82, 2.24) is 9.78 Å². The van der Waals surface area contributed by atoms with Crippen LogP contribution in [0.4, 0.5) is 0 Å². The van der Waals surface area contributed by atoms with Crippen molar-refractivity contribution in [3.8, 4) is 0 Å². The molecule has 0 N–H and O–H groups in total. The van der Waals surface area contributed by atoms with Crippen LogP contribution in [0, 0.1) is 0 Å². The van der Waals surface area contributed by atoms with Crippen LogP contribution in [0.3, 0.4) is 0 Å². The Morgan fingerprint density at radius 3 is 2.87 bits per heavy atom. The second kappa shape index (κ2) is 4.08. The van der Waals surface area contributed by atoms with Crippen molar-refractivity contribution in [1.29, 1.82) is 0 Å². The number of aromatic nitrogens is 2. The summed E-state index contributed by atoms with van der Waals surface area (Å²) in [6.07, 6.45) is 1.47. The average molecular weight is 306 g/mol. The summed E-state index contributed by atoms with van der Waals surface area (Å²) < 4.78 is 2.27. The molecular formula is C9H6BrClN2OS. The summed E-state index contributed by atoms with van der Waals surface area (Å²) in [5.74, 6) is -0.109. The molecule has 0 unspecified atom stereocenters. The van der Waals surface area contributed by atoms with Gasteiger partial charge in [0.2, 0.25) is 5.78 Å². The second-order valence-electron chi connectivity index (χ2n) is 2.89. The molecule has 0 bridgehead atoms. The molecule has 0 fully saturated rings. The van der Waals surface area contributed by atoms with E-state index < -0.39 is 0 Å². The highest BCUT2D eigenvalue weighted by atomic mass is 79.9. The van der Waals surface area contributed by atoms with Crippen molar-refractivity contribution >= 4 is 44.7 Å². The number of hydrogen-bond donors (Lipinski definition) is 0. The van der Waals surface area contributed by atoms with Gasteiger partial charge in [0.15, 0.2) is 0 Å². The number of carbonyl (C=O) groups is 1. The van der Waals surface area contributed by atoms with Crippen LogP contribution < -0.4 is 0 Å². The summed E-state index contributed by atoms with van der Waals surface area (Å²) in [4.78, 5) is 12.7. The number of aryl methyl sites for hydroxylation is 1. The predicted molar refractivity (Wildman–Crippen MR) is 63.7 cm³/mol. The van der Waals surface area contributed by atoms with Gasteiger partial charge in [-0.15, -0.1) is 11.3 Å². The molecule has 0 atom stereocenters. The Hall–Kier alpha value is -0.650. The summed E-state index contributed by atoms with van der Waals surface area (Å²) in [6.45, 7) is 0. The molecule has 0 amide bonds. The van der Waals surface area contributed by atoms with E-state index in [9.17, 15) is 4.79 Å². The Morgan fingerprint density at radius 1 is 1.67 bits per heavy atom. The van der Waals surface area contributed by atoms with E-state index in [1.165, 1.54) is 22.2 Å². The van der Waals surface area contributed by atoms with Crippen molar-refractivity contribution in [2.75, 3.05) is 0 Å². The van der Waals surface area contributed by atoms with Gasteiger partial charge in [0.05, 0.1) is 16.1 Å². The molecule has 0 aliphatic rings. The van der Waals surface area contributed by atoms with Gasteiger partial charge in [0, 0.05) is 11.5 Å². The number of halogens is 2. The monoisotopic (exact) mass is 304 g/mol. The van der Waals surface area contributed by atoms with Crippen LogP contribution in [0.25, 0.3) is 0 Å². The molecule has 6 heteroatoms. The molecule has 78 valence electrons. The Bertz CT molecular complexity index is 500. The predicted octanol–water partition coefficient (Wildman–Crippen LogP) is 3.13. The third kappa shape index (κ3) is 1.87. The Labute approximate surface area is 104 Å². The molecule has 2 aromatic heterocycles. The van der Waals surface area contributed by atoms with Crippen LogP contribution in [-0.2, 0) is 7.05 Å². The SMILES string of the molecule is Cn1ncc(Cl)c1C(=O)c1sccc1Br. The molecule has 2 rings (SSSR count). The van der Waals surface area contributed by atoms with Gasteiger partial charge < -0.3 is 0 Å². The molecule has 0 saturated carbocycles.